The molecule has 0 aromatic heterocycles. The Morgan fingerprint density at radius 3 is 2.44 bits per heavy atom. The summed E-state index contributed by atoms with van der Waals surface area (Å²) in [5.41, 5.74) is 1.09. The Hall–Kier alpha value is -0.940. The molecule has 18 heavy (non-hydrogen) atoms. The first-order valence-electron chi connectivity index (χ1n) is 6.22. The molecule has 0 amide bonds. The summed E-state index contributed by atoms with van der Waals surface area (Å²) in [5, 5.41) is 27.7. The summed E-state index contributed by atoms with van der Waals surface area (Å²) < 4.78 is 5.51. The molecule has 0 spiro atoms. The monoisotopic (exact) mass is 254 g/mol. The van der Waals surface area contributed by atoms with Gasteiger partial charge in [0.1, 0.15) is 0 Å². The number of benzene rings is 1. The smallest absolute Gasteiger partial charge is 0.0795 e. The van der Waals surface area contributed by atoms with Crippen molar-refractivity contribution in [2.75, 3.05) is 13.2 Å². The van der Waals surface area contributed by atoms with E-state index in [9.17, 15) is 10.2 Å². The van der Waals surface area contributed by atoms with Gasteiger partial charge in [0.05, 0.1) is 32.0 Å². The summed E-state index contributed by atoms with van der Waals surface area (Å²) in [6.45, 7) is 2.48. The van der Waals surface area contributed by atoms with Gasteiger partial charge in [-0.1, -0.05) is 37.3 Å². The fourth-order valence-corrected chi connectivity index (χ4v) is 1.63. The molecule has 0 saturated heterocycles. The summed E-state index contributed by atoms with van der Waals surface area (Å²) in [4.78, 5) is 0. The molecule has 1 aromatic carbocycles. The largest absolute Gasteiger partial charge is 0.394 e. The molecule has 0 saturated carbocycles. The zero-order valence-electron chi connectivity index (χ0n) is 10.7. The van der Waals surface area contributed by atoms with Crippen molar-refractivity contribution in [1.82, 2.24) is 0 Å². The first-order valence-corrected chi connectivity index (χ1v) is 6.22. The molecule has 1 rings (SSSR count). The van der Waals surface area contributed by atoms with Gasteiger partial charge in [0.2, 0.25) is 0 Å². The van der Waals surface area contributed by atoms with Crippen LogP contribution in [0, 0.1) is 5.92 Å². The van der Waals surface area contributed by atoms with Crippen LogP contribution in [0.4, 0.5) is 0 Å². The molecule has 3 atom stereocenters. The van der Waals surface area contributed by atoms with Crippen LogP contribution in [0.25, 0.3) is 0 Å². The van der Waals surface area contributed by atoms with Crippen LogP contribution < -0.4 is 0 Å². The van der Waals surface area contributed by atoms with E-state index in [1.165, 1.54) is 0 Å². The van der Waals surface area contributed by atoms with Gasteiger partial charge in [-0.15, -0.1) is 0 Å². The molecule has 4 nitrogen and oxygen atoms in total. The maximum Gasteiger partial charge on any atom is 0.0795 e. The zero-order valence-corrected chi connectivity index (χ0v) is 10.7. The van der Waals surface area contributed by atoms with Gasteiger partial charge < -0.3 is 20.1 Å². The van der Waals surface area contributed by atoms with Gasteiger partial charge in [-0.25, -0.2) is 0 Å². The number of hydrogen-bond acceptors (Lipinski definition) is 4. The van der Waals surface area contributed by atoms with Gasteiger partial charge in [0.15, 0.2) is 0 Å². The Bertz CT molecular complexity index is 315. The van der Waals surface area contributed by atoms with E-state index in [2.05, 4.69) is 0 Å². The average molecular weight is 254 g/mol. The molecule has 0 radical (unpaired) electrons. The number of rotatable bonds is 8. The van der Waals surface area contributed by atoms with Crippen molar-refractivity contribution in [1.29, 1.82) is 0 Å². The highest BCUT2D eigenvalue weighted by Gasteiger charge is 2.18. The highest BCUT2D eigenvalue weighted by Crippen LogP contribution is 2.11. The summed E-state index contributed by atoms with van der Waals surface area (Å²) in [7, 11) is 0. The Labute approximate surface area is 108 Å². The molecule has 102 valence electrons. The minimum Gasteiger partial charge on any atom is -0.394 e. The van der Waals surface area contributed by atoms with Gasteiger partial charge in [0.25, 0.3) is 0 Å². The van der Waals surface area contributed by atoms with E-state index in [4.69, 9.17) is 9.84 Å². The Morgan fingerprint density at radius 1 is 1.17 bits per heavy atom. The third-order valence-corrected chi connectivity index (χ3v) is 2.87. The van der Waals surface area contributed by atoms with E-state index in [0.717, 1.165) is 5.56 Å². The zero-order chi connectivity index (χ0) is 13.4. The van der Waals surface area contributed by atoms with Crippen LogP contribution in [0.2, 0.25) is 0 Å². The molecule has 0 aliphatic carbocycles. The normalized spacial score (nSPS) is 16.2. The molecule has 0 fully saturated rings. The number of ether oxygens (including phenoxy) is 1. The van der Waals surface area contributed by atoms with E-state index < -0.39 is 12.2 Å². The van der Waals surface area contributed by atoms with Crippen LogP contribution in [-0.4, -0.2) is 40.7 Å². The van der Waals surface area contributed by atoms with Crippen molar-refractivity contribution in [2.45, 2.75) is 32.2 Å². The van der Waals surface area contributed by atoms with Crippen molar-refractivity contribution in [2.24, 2.45) is 5.92 Å². The molecule has 0 unspecified atom stereocenters. The third kappa shape index (κ3) is 5.60. The fourth-order valence-electron chi connectivity index (χ4n) is 1.63. The van der Waals surface area contributed by atoms with Gasteiger partial charge in [0, 0.05) is 12.3 Å². The maximum atomic E-state index is 9.77. The molecule has 4 heteroatoms. The van der Waals surface area contributed by atoms with Crippen LogP contribution in [0.5, 0.6) is 0 Å². The second-order valence-corrected chi connectivity index (χ2v) is 4.62. The third-order valence-electron chi connectivity index (χ3n) is 2.87. The predicted molar refractivity (Wildman–Crippen MR) is 69.0 cm³/mol. The molecular formula is C14H22O4. The van der Waals surface area contributed by atoms with Crippen LogP contribution in [0.1, 0.15) is 18.9 Å². The minimum atomic E-state index is -0.864. The lowest BCUT2D eigenvalue weighted by Crippen LogP contribution is -2.28. The van der Waals surface area contributed by atoms with Crippen LogP contribution in [0.15, 0.2) is 30.3 Å². The van der Waals surface area contributed by atoms with Crippen molar-refractivity contribution in [3.63, 3.8) is 0 Å². The SMILES string of the molecule is C[C@H](COCc1ccccc1)[C@@H](O)C[C@@H](O)CO. The molecule has 0 aliphatic rings. The van der Waals surface area contributed by atoms with E-state index >= 15 is 0 Å². The second-order valence-electron chi connectivity index (χ2n) is 4.62. The van der Waals surface area contributed by atoms with E-state index in [1.54, 1.807) is 0 Å². The van der Waals surface area contributed by atoms with Crippen LogP contribution in [0.3, 0.4) is 0 Å². The number of aliphatic hydroxyl groups is 3. The summed E-state index contributed by atoms with van der Waals surface area (Å²) in [5.74, 6) is -0.0742. The summed E-state index contributed by atoms with van der Waals surface area (Å²) >= 11 is 0. The molecule has 0 bridgehead atoms. The van der Waals surface area contributed by atoms with Gasteiger partial charge in [-0.2, -0.15) is 0 Å². The highest BCUT2D eigenvalue weighted by molar-refractivity contribution is 5.13. The second kappa shape index (κ2) is 8.21. The van der Waals surface area contributed by atoms with E-state index in [1.807, 2.05) is 37.3 Å². The molecule has 3 N–H and O–H groups in total. The van der Waals surface area contributed by atoms with E-state index in [-0.39, 0.29) is 18.9 Å². The Balaban J connectivity index is 2.22. The van der Waals surface area contributed by atoms with Crippen LogP contribution in [-0.2, 0) is 11.3 Å². The minimum absolute atomic E-state index is 0.0742. The molecule has 0 aliphatic heterocycles. The van der Waals surface area contributed by atoms with Gasteiger partial charge in [-0.3, -0.25) is 0 Å². The lowest BCUT2D eigenvalue weighted by atomic mass is 10.0. The summed E-state index contributed by atoms with van der Waals surface area (Å²) in [6, 6.07) is 9.82. The highest BCUT2D eigenvalue weighted by atomic mass is 16.5. The maximum absolute atomic E-state index is 9.77. The lowest BCUT2D eigenvalue weighted by Gasteiger charge is -2.20. The first kappa shape index (κ1) is 15.1. The quantitative estimate of drug-likeness (QED) is 0.646. The number of hydrogen-bond donors (Lipinski definition) is 3. The molecular weight excluding hydrogens is 232 g/mol. The van der Waals surface area contributed by atoms with Gasteiger partial charge in [-0.05, 0) is 5.56 Å². The number of aliphatic hydroxyl groups excluding tert-OH is 3. The van der Waals surface area contributed by atoms with Crippen molar-refractivity contribution < 1.29 is 20.1 Å². The Morgan fingerprint density at radius 2 is 1.83 bits per heavy atom. The molecule has 1 aromatic rings. The van der Waals surface area contributed by atoms with Crippen molar-refractivity contribution in [3.8, 4) is 0 Å². The van der Waals surface area contributed by atoms with E-state index in [0.29, 0.717) is 13.2 Å². The predicted octanol–water partition coefficient (Wildman–Crippen LogP) is 0.943. The van der Waals surface area contributed by atoms with Crippen molar-refractivity contribution in [3.05, 3.63) is 35.9 Å². The molecule has 0 heterocycles. The fraction of sp³-hybridized carbons (Fsp3) is 0.571. The van der Waals surface area contributed by atoms with Crippen molar-refractivity contribution >= 4 is 0 Å². The standard InChI is InChI=1S/C14H22O4/c1-11(14(17)7-13(16)8-15)9-18-10-12-5-3-2-4-6-12/h2-6,11,13-17H,7-10H2,1H3/t11-,13-,14+/m1/s1. The van der Waals surface area contributed by atoms with Crippen LogP contribution >= 0.6 is 0 Å². The van der Waals surface area contributed by atoms with Gasteiger partial charge >= 0.3 is 0 Å². The lowest BCUT2D eigenvalue weighted by molar-refractivity contribution is -0.00907. The average Bonchev–Trinajstić information content (AvgIpc) is 2.39. The first-order chi connectivity index (χ1) is 8.63. The summed E-state index contributed by atoms with van der Waals surface area (Å²) in [6.07, 6.45) is -1.36. The topological polar surface area (TPSA) is 69.9 Å². The Kier molecular flexibility index (Phi) is 6.90.